The molecule has 3 aliphatic heterocycles. The molecule has 1 N–H and O–H groups in total. The number of carbonyl (C=O) groups excluding carboxylic acids is 10. The Labute approximate surface area is 700 Å². The Morgan fingerprint density at radius 2 is 0.408 bits per heavy atom. The van der Waals surface area contributed by atoms with Crippen molar-refractivity contribution in [2.75, 3.05) is 19.8 Å². The van der Waals surface area contributed by atoms with Crippen LogP contribution in [0.25, 0.3) is 0 Å². The van der Waals surface area contributed by atoms with Gasteiger partial charge in [0.15, 0.2) is 55.3 Å². The zero-order valence-electron chi connectivity index (χ0n) is 62.9. The monoisotopic (exact) mass is 1690 g/mol. The molecule has 1 unspecified atom stereocenters. The van der Waals surface area contributed by atoms with Gasteiger partial charge in [0.2, 0.25) is 12.2 Å². The Balaban J connectivity index is 1.05. The van der Waals surface area contributed by atoms with Crippen LogP contribution >= 0.6 is 34.8 Å². The van der Waals surface area contributed by atoms with Crippen molar-refractivity contribution in [3.05, 3.63) is 359 Å². The maximum absolute atomic E-state index is 15.7. The van der Waals surface area contributed by atoms with Crippen molar-refractivity contribution in [2.45, 2.75) is 95.9 Å². The molecule has 15 atom stereocenters. The van der Waals surface area contributed by atoms with Gasteiger partial charge < -0.3 is 75.8 Å². The third-order valence-electron chi connectivity index (χ3n) is 18.8. The molecule has 0 aliphatic carbocycles. The predicted molar refractivity (Wildman–Crippen MR) is 425 cm³/mol. The molecular weight excluding hydrogens is 1620 g/mol. The van der Waals surface area contributed by atoms with E-state index < -0.39 is 181 Å². The number of alkyl halides is 3. The van der Waals surface area contributed by atoms with Crippen LogP contribution < -0.4 is 0 Å². The molecule has 120 heavy (non-hydrogen) atoms. The Morgan fingerprint density at radius 3 is 0.633 bits per heavy atom. The molecule has 10 aromatic rings. The van der Waals surface area contributed by atoms with Crippen molar-refractivity contribution >= 4 is 100 Å². The van der Waals surface area contributed by atoms with Gasteiger partial charge in [-0.25, -0.2) is 47.9 Å². The first-order valence-electron chi connectivity index (χ1n) is 37.3. The van der Waals surface area contributed by atoms with E-state index in [1.165, 1.54) is 218 Å². The molecule has 0 spiro atoms. The summed E-state index contributed by atoms with van der Waals surface area (Å²) in [7, 11) is 0. The summed E-state index contributed by atoms with van der Waals surface area (Å²) in [6.07, 6.45) is -33.5. The summed E-state index contributed by atoms with van der Waals surface area (Å²) in [5.74, 6) is -12.4. The number of rotatable bonds is 28. The summed E-state index contributed by atoms with van der Waals surface area (Å²) in [5.41, 5.74) is -0.979. The second-order valence-electron chi connectivity index (χ2n) is 26.8. The van der Waals surface area contributed by atoms with Crippen molar-refractivity contribution < 1.29 is 124 Å². The fourth-order valence-electron chi connectivity index (χ4n) is 12.9. The van der Waals surface area contributed by atoms with Crippen molar-refractivity contribution in [1.82, 2.24) is 0 Å². The van der Waals surface area contributed by atoms with Gasteiger partial charge in [0.25, 0.3) is 3.79 Å². The number of nitrogens with one attached hydrogen (secondary N) is 1. The van der Waals surface area contributed by atoms with Gasteiger partial charge in [-0.15, -0.1) is 0 Å². The first kappa shape index (κ1) is 84.9. The average Bonchev–Trinajstić information content (AvgIpc) is 0.741. The SMILES string of the molecule is N=C(OC1O[C@H](COC(=O)c2ccccc2)[C@@H](OC(=O)c2ccccc2)[C@H](O[C@H]2O[C@H](COC(=O)c3ccccc3)[C@@H](OC(=O)c3ccccc3)[C@H](O[C@H]3O[C@H](COC(=O)c4ccccc4)[C@@H](OC(=O)c4ccccc4)[C@H](OC(=O)c4ccccc4)[C@@H]3OC(=O)c3ccccc3)[C@@H]2OC(=O)c2ccccc2)[C@@H]1OC(=O)c1ccccc1)C(Cl)(Cl)Cl. The molecule has 3 aliphatic rings. The first-order chi connectivity index (χ1) is 58.2. The Bertz CT molecular complexity index is 5170. The average molecular weight is 1690 g/mol. The molecule has 30 heteroatoms. The van der Waals surface area contributed by atoms with Gasteiger partial charge in [0.1, 0.15) is 50.3 Å². The Hall–Kier alpha value is -13.0. The molecule has 10 aromatic carbocycles. The van der Waals surface area contributed by atoms with Crippen LogP contribution in [0.4, 0.5) is 0 Å². The molecule has 3 heterocycles. The molecule has 0 amide bonds. The van der Waals surface area contributed by atoms with Crippen LogP contribution in [0.1, 0.15) is 104 Å². The van der Waals surface area contributed by atoms with E-state index in [0.29, 0.717) is 0 Å². The topological polar surface area (TPSA) is 342 Å². The molecule has 3 saturated heterocycles. The summed E-state index contributed by atoms with van der Waals surface area (Å²) in [5, 5.41) is 9.04. The number of hydrogen-bond acceptors (Lipinski definition) is 27. The molecule has 0 bridgehead atoms. The maximum Gasteiger partial charge on any atom is 0.338 e. The largest absolute Gasteiger partial charge is 0.459 e. The van der Waals surface area contributed by atoms with E-state index in [9.17, 15) is 19.2 Å². The first-order valence-corrected chi connectivity index (χ1v) is 38.4. The lowest BCUT2D eigenvalue weighted by Gasteiger charge is -2.50. The van der Waals surface area contributed by atoms with E-state index >= 15 is 28.8 Å². The fraction of sp³-hybridized carbons (Fsp3) is 0.211. The highest BCUT2D eigenvalue weighted by molar-refractivity contribution is 6.76. The highest BCUT2D eigenvalue weighted by Gasteiger charge is 2.62. The molecule has 0 radical (unpaired) electrons. The molecule has 27 nitrogen and oxygen atoms in total. The number of esters is 10. The van der Waals surface area contributed by atoms with E-state index in [1.54, 1.807) is 84.9 Å². The predicted octanol–water partition coefficient (Wildman–Crippen LogP) is 13.4. The minimum absolute atomic E-state index is 0.00793. The zero-order chi connectivity index (χ0) is 84.1. The van der Waals surface area contributed by atoms with Crippen LogP contribution in [0.5, 0.6) is 0 Å². The molecule has 0 saturated carbocycles. The summed E-state index contributed by atoms with van der Waals surface area (Å²) in [4.78, 5) is 150. The molecule has 3 fully saturated rings. The summed E-state index contributed by atoms with van der Waals surface area (Å²) in [6, 6.07) is 74.0. The van der Waals surface area contributed by atoms with Gasteiger partial charge in [0.05, 0.1) is 55.6 Å². The highest BCUT2D eigenvalue weighted by Crippen LogP contribution is 2.41. The lowest BCUT2D eigenvalue weighted by Crippen LogP contribution is -2.69. The Morgan fingerprint density at radius 1 is 0.233 bits per heavy atom. The van der Waals surface area contributed by atoms with Crippen LogP contribution in [0.2, 0.25) is 0 Å². The summed E-state index contributed by atoms with van der Waals surface area (Å²) in [6.45, 7) is -2.91. The minimum Gasteiger partial charge on any atom is -0.459 e. The van der Waals surface area contributed by atoms with Crippen LogP contribution in [0, 0.1) is 5.41 Å². The second kappa shape index (κ2) is 40.5. The van der Waals surface area contributed by atoms with Crippen molar-refractivity contribution in [1.29, 1.82) is 5.41 Å². The van der Waals surface area contributed by atoms with E-state index in [-0.39, 0.29) is 55.6 Å². The Kier molecular flexibility index (Phi) is 28.6. The van der Waals surface area contributed by atoms with Gasteiger partial charge in [-0.1, -0.05) is 217 Å². The zero-order valence-corrected chi connectivity index (χ0v) is 65.2. The minimum atomic E-state index is -2.75. The van der Waals surface area contributed by atoms with Gasteiger partial charge >= 0.3 is 59.7 Å². The lowest BCUT2D eigenvalue weighted by atomic mass is 9.94. The molecule has 614 valence electrons. The van der Waals surface area contributed by atoms with Gasteiger partial charge in [-0.05, 0) is 121 Å². The highest BCUT2D eigenvalue weighted by atomic mass is 35.6. The van der Waals surface area contributed by atoms with Crippen LogP contribution in [0.15, 0.2) is 303 Å². The van der Waals surface area contributed by atoms with Gasteiger partial charge in [-0.3, -0.25) is 5.41 Å². The fourth-order valence-corrected chi connectivity index (χ4v) is 13.0. The smallest absolute Gasteiger partial charge is 0.338 e. The van der Waals surface area contributed by atoms with Crippen LogP contribution in [-0.2, 0) is 75.8 Å². The molecular formula is C90H72Cl3NO26. The summed E-state index contributed by atoms with van der Waals surface area (Å²) < 4.78 is 102. The van der Waals surface area contributed by atoms with E-state index in [0.717, 1.165) is 0 Å². The molecule has 13 rings (SSSR count). The maximum atomic E-state index is 15.7. The summed E-state index contributed by atoms with van der Waals surface area (Å²) >= 11 is 19.1. The van der Waals surface area contributed by atoms with Gasteiger partial charge in [0, 0.05) is 0 Å². The van der Waals surface area contributed by atoms with E-state index in [4.69, 9.17) is 116 Å². The van der Waals surface area contributed by atoms with Crippen LogP contribution in [-0.4, -0.2) is 181 Å². The quantitative estimate of drug-likeness (QED) is 0.0156. The van der Waals surface area contributed by atoms with Crippen LogP contribution in [0.3, 0.4) is 0 Å². The van der Waals surface area contributed by atoms with E-state index in [2.05, 4.69) is 0 Å². The third-order valence-corrected chi connectivity index (χ3v) is 19.3. The van der Waals surface area contributed by atoms with Crippen molar-refractivity contribution in [3.63, 3.8) is 0 Å². The lowest BCUT2D eigenvalue weighted by molar-refractivity contribution is -0.375. The number of benzene rings is 10. The number of carbonyl (C=O) groups is 10. The second-order valence-corrected chi connectivity index (χ2v) is 29.1. The van der Waals surface area contributed by atoms with Crippen molar-refractivity contribution in [3.8, 4) is 0 Å². The van der Waals surface area contributed by atoms with Crippen molar-refractivity contribution in [2.24, 2.45) is 0 Å². The van der Waals surface area contributed by atoms with Gasteiger partial charge in [-0.2, -0.15) is 0 Å². The third kappa shape index (κ3) is 21.9. The normalized spacial score (nSPS) is 22.5. The molecule has 0 aromatic heterocycles. The number of hydrogen-bond donors (Lipinski definition) is 1. The van der Waals surface area contributed by atoms with E-state index in [1.807, 2.05) is 0 Å². The standard InChI is InChI=1S/C90H72Cl3NO26/c91-90(92,93)89(94)120-88-75(117-85(104)63-49-29-10-30-50-63)72(69(113-81(100)59-41-21-6-22-42-59)66(110-88)53-107-78(97)56-35-15-3-16-36-56)119-87-74(116-84(103)62-47-27-9-28-48-62)71(68(112-80(99)58-39-19-5-20-40-58)65(109-87)52-106-77(96)55-33-13-2-14-34-55)118-86-73(115-83(102)61-45-25-8-26-46-61)70(114-82(101)60-43-23-7-24-44-60)67(111-79(98)57-37-17-4-18-38-57)64(108-86)51-105-76(95)54-31-11-1-12-32-54/h1-50,64-75,86-88,94H,51-53H2/t64-,65-,66-,67-,68-,69-,70+,71+,72+,73+,74+,75+,86-,87-,88?/m1/s1. The number of ether oxygens (including phenoxy) is 16. The number of halogens is 3.